The third kappa shape index (κ3) is 8.73. The third-order valence-electron chi connectivity index (χ3n) is 1.08. The first-order chi connectivity index (χ1) is 6.20. The fourth-order valence-corrected chi connectivity index (χ4v) is 0.716. The lowest BCUT2D eigenvalue weighted by atomic mass is 10.4. The van der Waals surface area contributed by atoms with Gasteiger partial charge >= 0.3 is 0 Å². The summed E-state index contributed by atoms with van der Waals surface area (Å²) >= 11 is 14.3. The molecule has 0 bridgehead atoms. The first-order valence-corrected chi connectivity index (χ1v) is 7.21. The molecular weight excluding hydrogens is 269 g/mol. The zero-order chi connectivity index (χ0) is 11.4. The number of aromatic nitrogens is 2. The lowest BCUT2D eigenvalue weighted by Gasteiger charge is -1.98. The van der Waals surface area contributed by atoms with Gasteiger partial charge in [0.2, 0.25) is 0 Å². The molecule has 0 saturated heterocycles. The quantitative estimate of drug-likeness (QED) is 0.537. The van der Waals surface area contributed by atoms with Crippen LogP contribution in [0.4, 0.5) is 0 Å². The highest BCUT2D eigenvalue weighted by atomic mass is 35.9. The Labute approximate surface area is 96.4 Å². The predicted molar refractivity (Wildman–Crippen MR) is 54.5 cm³/mol. The molecule has 1 heterocycles. The van der Waals surface area contributed by atoms with E-state index in [-0.39, 0.29) is 0 Å². The van der Waals surface area contributed by atoms with E-state index in [4.69, 9.17) is 11.6 Å². The van der Waals surface area contributed by atoms with E-state index in [2.05, 4.69) is 27.6 Å². The van der Waals surface area contributed by atoms with Crippen molar-refractivity contribution in [1.29, 1.82) is 0 Å². The van der Waals surface area contributed by atoms with Crippen molar-refractivity contribution in [2.45, 2.75) is 6.92 Å². The van der Waals surface area contributed by atoms with Crippen molar-refractivity contribution in [2.24, 2.45) is 7.05 Å². The zero-order valence-electron chi connectivity index (χ0n) is 7.45. The van der Waals surface area contributed by atoms with Crippen LogP contribution in [-0.4, -0.2) is 5.10 Å². The number of halogens is 3. The summed E-state index contributed by atoms with van der Waals surface area (Å²) in [6.45, 7) is 1.93. The van der Waals surface area contributed by atoms with Crippen molar-refractivity contribution in [1.82, 2.24) is 5.10 Å². The van der Waals surface area contributed by atoms with Crippen LogP contribution in [0.15, 0.2) is 12.1 Å². The molecule has 0 saturated carbocycles. The Balaban J connectivity index is 0.000000292. The first kappa shape index (κ1) is 14.1. The van der Waals surface area contributed by atoms with E-state index in [1.165, 1.54) is 0 Å². The summed E-state index contributed by atoms with van der Waals surface area (Å²) in [6.07, 6.45) is -3.94. The number of hydrogen-bond donors (Lipinski definition) is 0. The molecule has 0 unspecified atom stereocenters. The fraction of sp³-hybridized carbons (Fsp3) is 0.333. The van der Waals surface area contributed by atoms with E-state index >= 15 is 0 Å². The molecule has 1 rings (SSSR count). The van der Waals surface area contributed by atoms with Gasteiger partial charge < -0.3 is 9.46 Å². The highest BCUT2D eigenvalue weighted by Crippen LogP contribution is 2.46. The van der Waals surface area contributed by atoms with Crippen LogP contribution in [0.25, 0.3) is 0 Å². The molecule has 1 aromatic heterocycles. The molecule has 0 radical (unpaired) electrons. The normalized spacial score (nSPS) is 10.4. The molecule has 0 N–H and O–H groups in total. The van der Waals surface area contributed by atoms with Crippen LogP contribution < -0.4 is 9.58 Å². The Morgan fingerprint density at radius 3 is 2.21 bits per heavy atom. The number of nitrogens with zero attached hydrogens (tertiary/aromatic N) is 2. The third-order valence-corrected chi connectivity index (χ3v) is 1.45. The van der Waals surface area contributed by atoms with Gasteiger partial charge in [0.15, 0.2) is 13.1 Å². The summed E-state index contributed by atoms with van der Waals surface area (Å²) in [5.41, 5.74) is 0.974. The van der Waals surface area contributed by atoms with Gasteiger partial charge in [0, 0.05) is 6.07 Å². The Morgan fingerprint density at radius 1 is 1.50 bits per heavy atom. The van der Waals surface area contributed by atoms with Gasteiger partial charge in [0.25, 0.3) is 5.15 Å². The Kier molecular flexibility index (Phi) is 5.94. The lowest BCUT2D eigenvalue weighted by Crippen LogP contribution is -2.34. The molecule has 0 aliphatic heterocycles. The van der Waals surface area contributed by atoms with Crippen LogP contribution in [0.3, 0.4) is 0 Å². The van der Waals surface area contributed by atoms with E-state index in [1.54, 1.807) is 4.68 Å². The van der Waals surface area contributed by atoms with E-state index in [9.17, 15) is 9.46 Å². The minimum atomic E-state index is -3.94. The van der Waals surface area contributed by atoms with Crippen LogP contribution in [0.1, 0.15) is 5.69 Å². The summed E-state index contributed by atoms with van der Waals surface area (Å²) in [4.78, 5) is 9.19. The molecule has 0 aromatic carbocycles. The van der Waals surface area contributed by atoms with E-state index in [0.29, 0.717) is 5.15 Å². The van der Waals surface area contributed by atoms with Crippen molar-refractivity contribution < 1.29 is 14.1 Å². The molecule has 14 heavy (non-hydrogen) atoms. The van der Waals surface area contributed by atoms with Crippen molar-refractivity contribution in [2.75, 3.05) is 0 Å². The molecule has 0 aliphatic carbocycles. The number of rotatable bonds is 0. The number of hydrogen-bond acceptors (Lipinski definition) is 3. The van der Waals surface area contributed by atoms with Gasteiger partial charge in [-0.15, -0.1) is 0 Å². The van der Waals surface area contributed by atoms with E-state index in [1.807, 2.05) is 26.1 Å². The molecule has 0 aliphatic rings. The van der Waals surface area contributed by atoms with Crippen LogP contribution in [0.5, 0.6) is 0 Å². The zero-order valence-corrected chi connectivity index (χ0v) is 10.6. The van der Waals surface area contributed by atoms with Gasteiger partial charge in [-0.1, -0.05) is 27.2 Å². The van der Waals surface area contributed by atoms with Crippen LogP contribution >= 0.6 is 40.2 Å². The summed E-state index contributed by atoms with van der Waals surface area (Å²) < 4.78 is 10.8. The molecule has 0 atom stereocenters. The smallest absolute Gasteiger partial charge is 0.300 e. The average Bonchev–Trinajstić information content (AvgIpc) is 1.94. The van der Waals surface area contributed by atoms with Crippen molar-refractivity contribution >= 4 is 40.2 Å². The Bertz CT molecular complexity index is 347. The van der Waals surface area contributed by atoms with Gasteiger partial charge in [-0.25, -0.2) is 0 Å². The maximum absolute atomic E-state index is 9.19. The van der Waals surface area contributed by atoms with Crippen LogP contribution in [0, 0.1) is 6.92 Å². The van der Waals surface area contributed by atoms with Gasteiger partial charge in [-0.05, 0) is 29.7 Å². The molecule has 0 fully saturated rings. The van der Waals surface area contributed by atoms with Crippen molar-refractivity contribution in [3.8, 4) is 0 Å². The Hall–Kier alpha value is 0.140. The monoisotopic (exact) mass is 276 g/mol. The lowest BCUT2D eigenvalue weighted by molar-refractivity contribution is -0.729. The van der Waals surface area contributed by atoms with Gasteiger partial charge in [0.05, 0.1) is 0 Å². The predicted octanol–water partition coefficient (Wildman–Crippen LogP) is 1.80. The summed E-state index contributed by atoms with van der Waals surface area (Å²) in [6, 6.07) is 3.70. The van der Waals surface area contributed by atoms with Crippen molar-refractivity contribution in [3.63, 3.8) is 0 Å². The second-order valence-electron chi connectivity index (χ2n) is 2.34. The molecule has 0 spiro atoms. The van der Waals surface area contributed by atoms with Crippen molar-refractivity contribution in [3.05, 3.63) is 23.0 Å². The fourth-order valence-electron chi connectivity index (χ4n) is 0.615. The average molecular weight is 277 g/mol. The minimum absolute atomic E-state index is 0.653. The second kappa shape index (κ2) is 5.89. The molecule has 1 aromatic rings. The summed E-state index contributed by atoms with van der Waals surface area (Å²) in [5, 5.41) is 4.71. The standard InChI is InChI=1S/C6H8ClN2.Cl2HO2P/c1-5-3-4-6(7)9(2)8-5;1-5(2,3)4/h3-4H,1-2H3;(H,3,4)/q+1;/p-1. The molecular formula is C6H8Cl3N2O2P. The minimum Gasteiger partial charge on any atom is -0.776 e. The van der Waals surface area contributed by atoms with Crippen LogP contribution in [0.2, 0.25) is 5.15 Å². The molecule has 4 nitrogen and oxygen atoms in total. The van der Waals surface area contributed by atoms with E-state index < -0.39 is 6.07 Å². The Morgan fingerprint density at radius 2 is 1.93 bits per heavy atom. The largest absolute Gasteiger partial charge is 0.776 e. The maximum atomic E-state index is 9.19. The van der Waals surface area contributed by atoms with Gasteiger partial charge in [0.1, 0.15) is 5.69 Å². The van der Waals surface area contributed by atoms with Gasteiger partial charge in [-0.3, -0.25) is 0 Å². The van der Waals surface area contributed by atoms with Crippen LogP contribution in [-0.2, 0) is 11.6 Å². The summed E-state index contributed by atoms with van der Waals surface area (Å²) in [5.74, 6) is 0. The molecule has 8 heteroatoms. The first-order valence-electron chi connectivity index (χ1n) is 3.40. The van der Waals surface area contributed by atoms with Gasteiger partial charge in [-0.2, -0.15) is 0 Å². The molecule has 80 valence electrons. The second-order valence-corrected chi connectivity index (χ2v) is 6.74. The molecule has 0 amide bonds. The number of aryl methyl sites for hydroxylation is 2. The van der Waals surface area contributed by atoms with E-state index in [0.717, 1.165) is 5.69 Å². The highest BCUT2D eigenvalue weighted by molar-refractivity contribution is 8.03. The topological polar surface area (TPSA) is 56.9 Å². The highest BCUT2D eigenvalue weighted by Gasteiger charge is 2.01. The maximum Gasteiger partial charge on any atom is 0.300 e. The summed E-state index contributed by atoms with van der Waals surface area (Å²) in [7, 11) is 1.81. The SMILES string of the molecule is Cc1ccc(Cl)[n+](C)n1.O=P([O-])(Cl)Cl.